The number of ether oxygens (including phenoxy) is 1. The zero-order chi connectivity index (χ0) is 17.4. The number of hydrogen-bond donors (Lipinski definition) is 2. The van der Waals surface area contributed by atoms with E-state index in [9.17, 15) is 14.7 Å². The van der Waals surface area contributed by atoms with Crippen molar-refractivity contribution < 1.29 is 19.4 Å². The molecule has 128 valence electrons. The predicted molar refractivity (Wildman–Crippen MR) is 89.9 cm³/mol. The highest BCUT2D eigenvalue weighted by Gasteiger charge is 2.55. The number of aliphatic hydroxyl groups excluding tert-OH is 1. The molecular formula is C19H18N2O4. The molecule has 6 nitrogen and oxygen atoms in total. The molecular weight excluding hydrogens is 320 g/mol. The van der Waals surface area contributed by atoms with Crippen molar-refractivity contribution in [2.45, 2.75) is 18.1 Å². The first kappa shape index (κ1) is 15.7. The molecule has 1 fully saturated rings. The van der Waals surface area contributed by atoms with E-state index in [0.717, 1.165) is 4.90 Å². The zero-order valence-electron chi connectivity index (χ0n) is 13.5. The van der Waals surface area contributed by atoms with Gasteiger partial charge in [-0.05, 0) is 11.6 Å². The lowest BCUT2D eigenvalue weighted by molar-refractivity contribution is -0.133. The lowest BCUT2D eigenvalue weighted by Gasteiger charge is -2.33. The number of para-hydroxylation sites is 1. The smallest absolute Gasteiger partial charge is 0.325 e. The van der Waals surface area contributed by atoms with Crippen LogP contribution in [0.1, 0.15) is 23.7 Å². The quantitative estimate of drug-likeness (QED) is 0.839. The van der Waals surface area contributed by atoms with E-state index in [1.54, 1.807) is 36.4 Å². The third-order valence-corrected chi connectivity index (χ3v) is 4.80. The number of β-amino-alcohol motifs (C(OH)–C–C–N with tert-alkyl or cyclic N) is 1. The molecule has 2 aliphatic rings. The fourth-order valence-electron chi connectivity index (χ4n) is 3.49. The van der Waals surface area contributed by atoms with Crippen LogP contribution in [0.4, 0.5) is 4.79 Å². The van der Waals surface area contributed by atoms with Crippen LogP contribution in [0.25, 0.3) is 0 Å². The van der Waals surface area contributed by atoms with Gasteiger partial charge in [0.1, 0.15) is 5.75 Å². The molecule has 4 rings (SSSR count). The molecule has 0 saturated carbocycles. The molecule has 0 aliphatic carbocycles. The van der Waals surface area contributed by atoms with Crippen molar-refractivity contribution in [1.82, 2.24) is 10.2 Å². The molecule has 2 atom stereocenters. The van der Waals surface area contributed by atoms with Gasteiger partial charge in [0, 0.05) is 12.0 Å². The van der Waals surface area contributed by atoms with Crippen molar-refractivity contribution in [2.24, 2.45) is 0 Å². The zero-order valence-corrected chi connectivity index (χ0v) is 13.5. The number of nitrogens with one attached hydrogen (secondary N) is 1. The Morgan fingerprint density at radius 2 is 1.84 bits per heavy atom. The summed E-state index contributed by atoms with van der Waals surface area (Å²) in [6.45, 7) is 0.261. The lowest BCUT2D eigenvalue weighted by Crippen LogP contribution is -2.47. The molecule has 3 amide bonds. The van der Waals surface area contributed by atoms with Gasteiger partial charge in [-0.25, -0.2) is 4.79 Å². The van der Waals surface area contributed by atoms with Gasteiger partial charge in [0.2, 0.25) is 0 Å². The molecule has 1 saturated heterocycles. The topological polar surface area (TPSA) is 78.9 Å². The van der Waals surface area contributed by atoms with Crippen LogP contribution < -0.4 is 10.1 Å². The van der Waals surface area contributed by atoms with Crippen LogP contribution in [0.5, 0.6) is 5.75 Å². The number of benzene rings is 2. The summed E-state index contributed by atoms with van der Waals surface area (Å²) in [7, 11) is 0. The average Bonchev–Trinajstić information content (AvgIpc) is 2.88. The fourth-order valence-corrected chi connectivity index (χ4v) is 3.49. The van der Waals surface area contributed by atoms with E-state index >= 15 is 0 Å². The Kier molecular flexibility index (Phi) is 3.69. The number of imide groups is 1. The summed E-state index contributed by atoms with van der Waals surface area (Å²) in [5.74, 6) is 0.260. The predicted octanol–water partition coefficient (Wildman–Crippen LogP) is 1.95. The van der Waals surface area contributed by atoms with E-state index in [1.165, 1.54) is 0 Å². The van der Waals surface area contributed by atoms with Crippen LogP contribution >= 0.6 is 0 Å². The first-order chi connectivity index (χ1) is 12.1. The first-order valence-electron chi connectivity index (χ1n) is 8.21. The van der Waals surface area contributed by atoms with Gasteiger partial charge in [-0.3, -0.25) is 9.69 Å². The molecule has 1 spiro atoms. The summed E-state index contributed by atoms with van der Waals surface area (Å²) in [4.78, 5) is 26.7. The molecule has 0 aromatic heterocycles. The SMILES string of the molecule is O=C1N[C@]2(CCOc3ccccc32)C(=O)N1C[C@H](O)c1ccccc1. The van der Waals surface area contributed by atoms with Crippen LogP contribution in [-0.4, -0.2) is 35.1 Å². The van der Waals surface area contributed by atoms with E-state index in [4.69, 9.17) is 4.74 Å². The summed E-state index contributed by atoms with van der Waals surface area (Å²) >= 11 is 0. The summed E-state index contributed by atoms with van der Waals surface area (Å²) in [5, 5.41) is 13.2. The number of rotatable bonds is 3. The first-order valence-corrected chi connectivity index (χ1v) is 8.21. The Morgan fingerprint density at radius 1 is 1.12 bits per heavy atom. The van der Waals surface area contributed by atoms with Crippen molar-refractivity contribution in [3.63, 3.8) is 0 Å². The van der Waals surface area contributed by atoms with Crippen molar-refractivity contribution in [1.29, 1.82) is 0 Å². The van der Waals surface area contributed by atoms with Gasteiger partial charge in [0.05, 0.1) is 19.3 Å². The Morgan fingerprint density at radius 3 is 2.64 bits per heavy atom. The average molecular weight is 338 g/mol. The normalized spacial score (nSPS) is 23.2. The van der Waals surface area contributed by atoms with Crippen molar-refractivity contribution >= 4 is 11.9 Å². The minimum atomic E-state index is -1.11. The minimum absolute atomic E-state index is 0.0839. The maximum absolute atomic E-state index is 13.1. The van der Waals surface area contributed by atoms with E-state index in [1.807, 2.05) is 18.2 Å². The Hall–Kier alpha value is -2.86. The lowest BCUT2D eigenvalue weighted by atomic mass is 9.84. The second-order valence-corrected chi connectivity index (χ2v) is 6.27. The maximum atomic E-state index is 13.1. The van der Waals surface area contributed by atoms with Crippen LogP contribution in [0.15, 0.2) is 54.6 Å². The Bertz CT molecular complexity index is 823. The third kappa shape index (κ3) is 2.46. The number of amides is 3. The molecule has 25 heavy (non-hydrogen) atoms. The van der Waals surface area contributed by atoms with Crippen molar-refractivity contribution in [3.05, 3.63) is 65.7 Å². The van der Waals surface area contributed by atoms with Gasteiger partial charge in [-0.1, -0.05) is 48.5 Å². The highest BCUT2D eigenvalue weighted by molar-refractivity contribution is 6.08. The van der Waals surface area contributed by atoms with Crippen molar-refractivity contribution in [3.8, 4) is 5.75 Å². The number of aliphatic hydroxyl groups is 1. The molecule has 0 radical (unpaired) electrons. The molecule has 2 aliphatic heterocycles. The summed E-state index contributed by atoms with van der Waals surface area (Å²) in [5.41, 5.74) is 0.218. The molecule has 2 aromatic carbocycles. The number of hydrogen-bond acceptors (Lipinski definition) is 4. The molecule has 2 aromatic rings. The molecule has 6 heteroatoms. The summed E-state index contributed by atoms with van der Waals surface area (Å²) in [6.07, 6.45) is -0.562. The summed E-state index contributed by atoms with van der Waals surface area (Å²) < 4.78 is 5.61. The highest BCUT2D eigenvalue weighted by Crippen LogP contribution is 2.41. The monoisotopic (exact) mass is 338 g/mol. The van der Waals surface area contributed by atoms with Gasteiger partial charge >= 0.3 is 6.03 Å². The number of nitrogens with zero attached hydrogens (tertiary/aromatic N) is 1. The maximum Gasteiger partial charge on any atom is 0.325 e. The van der Waals surface area contributed by atoms with Gasteiger partial charge in [0.15, 0.2) is 5.54 Å². The second kappa shape index (κ2) is 5.89. The molecule has 0 bridgehead atoms. The molecule has 2 heterocycles. The van der Waals surface area contributed by atoms with Crippen LogP contribution in [-0.2, 0) is 10.3 Å². The Balaban J connectivity index is 1.63. The van der Waals surface area contributed by atoms with E-state index in [0.29, 0.717) is 29.9 Å². The van der Waals surface area contributed by atoms with Crippen LogP contribution in [0.3, 0.4) is 0 Å². The number of carbonyl (C=O) groups excluding carboxylic acids is 2. The van der Waals surface area contributed by atoms with E-state index in [2.05, 4.69) is 5.32 Å². The summed E-state index contributed by atoms with van der Waals surface area (Å²) in [6, 6.07) is 15.7. The molecule has 0 unspecified atom stereocenters. The minimum Gasteiger partial charge on any atom is -0.493 e. The molecule has 2 N–H and O–H groups in total. The van der Waals surface area contributed by atoms with E-state index < -0.39 is 17.7 Å². The fraction of sp³-hybridized carbons (Fsp3) is 0.263. The number of carbonyl (C=O) groups is 2. The third-order valence-electron chi connectivity index (χ3n) is 4.80. The van der Waals surface area contributed by atoms with Crippen LogP contribution in [0, 0.1) is 0 Å². The second-order valence-electron chi connectivity index (χ2n) is 6.27. The standard InChI is InChI=1S/C19H18N2O4/c22-15(13-6-2-1-3-7-13)12-21-17(23)19(20-18(21)24)10-11-25-16-9-5-4-8-14(16)19/h1-9,15,22H,10-12H2,(H,20,24)/t15-,19-/m0/s1. The Labute approximate surface area is 145 Å². The largest absolute Gasteiger partial charge is 0.493 e. The number of urea groups is 1. The number of fused-ring (bicyclic) bond motifs is 2. The van der Waals surface area contributed by atoms with Gasteiger partial charge in [0.25, 0.3) is 5.91 Å². The van der Waals surface area contributed by atoms with E-state index in [-0.39, 0.29) is 12.5 Å². The van der Waals surface area contributed by atoms with Gasteiger partial charge in [-0.2, -0.15) is 0 Å². The highest BCUT2D eigenvalue weighted by atomic mass is 16.5. The van der Waals surface area contributed by atoms with Crippen molar-refractivity contribution in [2.75, 3.05) is 13.2 Å². The van der Waals surface area contributed by atoms with Gasteiger partial charge in [-0.15, -0.1) is 0 Å². The van der Waals surface area contributed by atoms with Crippen LogP contribution in [0.2, 0.25) is 0 Å². The van der Waals surface area contributed by atoms with Gasteiger partial charge < -0.3 is 15.2 Å².